The normalized spacial score (nSPS) is 10.9. The second kappa shape index (κ2) is 9.98. The summed E-state index contributed by atoms with van der Waals surface area (Å²) in [5.74, 6) is 0.178. The smallest absolute Gasteiger partial charge is 0.266 e. The summed E-state index contributed by atoms with van der Waals surface area (Å²) < 4.78 is 5.34. The molecular weight excluding hydrogens is 419 g/mol. The number of ether oxygens (including phenoxy) is 1. The first-order valence-corrected chi connectivity index (χ1v) is 9.85. The Morgan fingerprint density at radius 2 is 1.80 bits per heavy atom. The molecule has 0 aromatic heterocycles. The summed E-state index contributed by atoms with van der Waals surface area (Å²) >= 11 is 12.2. The minimum atomic E-state index is -0.501. The summed E-state index contributed by atoms with van der Waals surface area (Å²) in [6.07, 6.45) is 2.09. The number of halogens is 2. The van der Waals surface area contributed by atoms with Gasteiger partial charge in [-0.25, -0.2) is 0 Å². The van der Waals surface area contributed by atoms with Crippen molar-refractivity contribution in [1.82, 2.24) is 0 Å². The van der Waals surface area contributed by atoms with Gasteiger partial charge in [-0.15, -0.1) is 0 Å². The topological polar surface area (TPSA) is 62.1 Å². The van der Waals surface area contributed by atoms with Crippen LogP contribution < -0.4 is 10.1 Å². The lowest BCUT2D eigenvalue weighted by atomic mass is 9.97. The van der Waals surface area contributed by atoms with Crippen LogP contribution in [0.5, 0.6) is 5.75 Å². The average Bonchev–Trinajstić information content (AvgIpc) is 2.75. The Balaban J connectivity index is 1.93. The van der Waals surface area contributed by atoms with E-state index in [1.807, 2.05) is 42.5 Å². The molecule has 0 saturated carbocycles. The van der Waals surface area contributed by atoms with Gasteiger partial charge in [-0.3, -0.25) is 4.79 Å². The number of rotatable bonds is 6. The van der Waals surface area contributed by atoms with Crippen LogP contribution >= 0.6 is 23.2 Å². The van der Waals surface area contributed by atoms with E-state index in [1.165, 1.54) is 0 Å². The molecule has 0 fully saturated rings. The zero-order chi connectivity index (χ0) is 21.5. The molecule has 0 aliphatic rings. The molecule has 0 radical (unpaired) electrons. The maximum Gasteiger partial charge on any atom is 0.266 e. The Hall–Kier alpha value is -3.26. The number of nitrogens with one attached hydrogen (secondary N) is 1. The van der Waals surface area contributed by atoms with Gasteiger partial charge in [0.2, 0.25) is 0 Å². The largest absolute Gasteiger partial charge is 0.497 e. The number of carbonyl (C=O) groups is 1. The monoisotopic (exact) mass is 436 g/mol. The fraction of sp³-hybridized carbons (Fsp3) is 0.0833. The van der Waals surface area contributed by atoms with Crippen LogP contribution in [0.4, 0.5) is 5.69 Å². The summed E-state index contributed by atoms with van der Waals surface area (Å²) in [5, 5.41) is 13.5. The number of amides is 1. The highest BCUT2D eigenvalue weighted by atomic mass is 35.5. The van der Waals surface area contributed by atoms with E-state index in [9.17, 15) is 10.1 Å². The molecule has 3 rings (SSSR count). The molecule has 0 saturated heterocycles. The lowest BCUT2D eigenvalue weighted by Gasteiger charge is -2.11. The van der Waals surface area contributed by atoms with Crippen molar-refractivity contribution in [3.8, 4) is 11.8 Å². The summed E-state index contributed by atoms with van der Waals surface area (Å²) in [6, 6.07) is 21.7. The molecule has 4 nitrogen and oxygen atoms in total. The van der Waals surface area contributed by atoms with E-state index in [-0.39, 0.29) is 5.57 Å². The highest BCUT2D eigenvalue weighted by molar-refractivity contribution is 6.31. The number of hydrogen-bond acceptors (Lipinski definition) is 3. The fourth-order valence-corrected chi connectivity index (χ4v) is 3.21. The Morgan fingerprint density at radius 1 is 1.07 bits per heavy atom. The molecule has 3 aromatic carbocycles. The van der Waals surface area contributed by atoms with Crippen LogP contribution in [0.25, 0.3) is 6.08 Å². The zero-order valence-electron chi connectivity index (χ0n) is 16.2. The third-order valence-electron chi connectivity index (χ3n) is 4.46. The van der Waals surface area contributed by atoms with Gasteiger partial charge >= 0.3 is 0 Å². The zero-order valence-corrected chi connectivity index (χ0v) is 17.7. The van der Waals surface area contributed by atoms with E-state index < -0.39 is 5.91 Å². The van der Waals surface area contributed by atoms with Crippen LogP contribution in [-0.2, 0) is 11.2 Å². The van der Waals surface area contributed by atoms with Crippen LogP contribution in [0.3, 0.4) is 0 Å². The van der Waals surface area contributed by atoms with Crippen LogP contribution in [0.1, 0.15) is 16.7 Å². The van der Waals surface area contributed by atoms with Crippen molar-refractivity contribution in [2.45, 2.75) is 6.42 Å². The highest BCUT2D eigenvalue weighted by Crippen LogP contribution is 2.26. The van der Waals surface area contributed by atoms with Gasteiger partial charge in [0, 0.05) is 15.7 Å². The first-order valence-electron chi connectivity index (χ1n) is 9.09. The number of hydrogen-bond donors (Lipinski definition) is 1. The minimum Gasteiger partial charge on any atom is -0.497 e. The van der Waals surface area contributed by atoms with Crippen LogP contribution in [0.2, 0.25) is 10.0 Å². The van der Waals surface area contributed by atoms with Gasteiger partial charge in [0.25, 0.3) is 5.91 Å². The quantitative estimate of drug-likeness (QED) is 0.372. The van der Waals surface area contributed by atoms with Crippen molar-refractivity contribution in [3.63, 3.8) is 0 Å². The molecule has 30 heavy (non-hydrogen) atoms. The molecule has 150 valence electrons. The van der Waals surface area contributed by atoms with E-state index >= 15 is 0 Å². The lowest BCUT2D eigenvalue weighted by molar-refractivity contribution is -0.112. The summed E-state index contributed by atoms with van der Waals surface area (Å²) in [6.45, 7) is 0. The SMILES string of the molecule is COc1ccc(/C=C(\C#N)C(=O)Nc2ccc(Cl)cc2)c(Cc2ccccc2Cl)c1. The number of carbonyl (C=O) groups excluding carboxylic acids is 1. The molecule has 3 aromatic rings. The van der Waals surface area contributed by atoms with E-state index in [4.69, 9.17) is 27.9 Å². The molecule has 1 N–H and O–H groups in total. The van der Waals surface area contributed by atoms with Crippen molar-refractivity contribution < 1.29 is 9.53 Å². The molecule has 0 aliphatic heterocycles. The molecule has 0 unspecified atom stereocenters. The van der Waals surface area contributed by atoms with Crippen LogP contribution in [0.15, 0.2) is 72.3 Å². The van der Waals surface area contributed by atoms with E-state index in [1.54, 1.807) is 43.5 Å². The van der Waals surface area contributed by atoms with Gasteiger partial charge in [-0.1, -0.05) is 47.5 Å². The molecule has 0 heterocycles. The van der Waals surface area contributed by atoms with Crippen molar-refractivity contribution >= 4 is 40.9 Å². The standard InChI is InChI=1S/C24H18Cl2N2O2/c1-30-22-11-6-16(18(14-22)13-17-4-2-3-5-23(17)26)12-19(15-27)24(29)28-21-9-7-20(25)8-10-21/h2-12,14H,13H2,1H3,(H,28,29)/b19-12+. The van der Waals surface area contributed by atoms with E-state index in [0.717, 1.165) is 16.7 Å². The Morgan fingerprint density at radius 3 is 2.47 bits per heavy atom. The Bertz CT molecular complexity index is 1130. The first kappa shape index (κ1) is 21.4. The van der Waals surface area contributed by atoms with Gasteiger partial charge < -0.3 is 10.1 Å². The second-order valence-corrected chi connectivity index (χ2v) is 7.31. The maximum absolute atomic E-state index is 12.6. The third kappa shape index (κ3) is 5.42. The molecule has 0 bridgehead atoms. The highest BCUT2D eigenvalue weighted by Gasteiger charge is 2.13. The van der Waals surface area contributed by atoms with Crippen molar-refractivity contribution in [3.05, 3.63) is 99.0 Å². The van der Waals surface area contributed by atoms with Crippen molar-refractivity contribution in [2.75, 3.05) is 12.4 Å². The van der Waals surface area contributed by atoms with Gasteiger partial charge in [0.05, 0.1) is 7.11 Å². The molecule has 1 amide bonds. The predicted molar refractivity (Wildman–Crippen MR) is 121 cm³/mol. The van der Waals surface area contributed by atoms with Gasteiger partial charge in [0.1, 0.15) is 17.4 Å². The number of benzene rings is 3. The molecular formula is C24H18Cl2N2O2. The molecule has 0 aliphatic carbocycles. The van der Waals surface area contributed by atoms with Gasteiger partial charge in [-0.05, 0) is 71.7 Å². The van der Waals surface area contributed by atoms with E-state index in [0.29, 0.717) is 27.9 Å². The summed E-state index contributed by atoms with van der Waals surface area (Å²) in [4.78, 5) is 12.6. The maximum atomic E-state index is 12.6. The number of anilines is 1. The van der Waals surface area contributed by atoms with Gasteiger partial charge in [-0.2, -0.15) is 5.26 Å². The lowest BCUT2D eigenvalue weighted by Crippen LogP contribution is -2.13. The molecule has 6 heteroatoms. The number of nitrogens with zero attached hydrogens (tertiary/aromatic N) is 1. The first-order chi connectivity index (χ1) is 14.5. The van der Waals surface area contributed by atoms with Crippen molar-refractivity contribution in [1.29, 1.82) is 5.26 Å². The predicted octanol–water partition coefficient (Wildman–Crippen LogP) is 6.14. The number of nitriles is 1. The fourth-order valence-electron chi connectivity index (χ4n) is 2.89. The number of methoxy groups -OCH3 is 1. The third-order valence-corrected chi connectivity index (χ3v) is 5.08. The van der Waals surface area contributed by atoms with Gasteiger partial charge in [0.15, 0.2) is 0 Å². The Kier molecular flexibility index (Phi) is 7.13. The summed E-state index contributed by atoms with van der Waals surface area (Å²) in [7, 11) is 1.59. The minimum absolute atomic E-state index is 0.0180. The Labute approximate surface area is 185 Å². The molecule has 0 spiro atoms. The second-order valence-electron chi connectivity index (χ2n) is 6.46. The van der Waals surface area contributed by atoms with Crippen LogP contribution in [0, 0.1) is 11.3 Å². The van der Waals surface area contributed by atoms with E-state index in [2.05, 4.69) is 5.32 Å². The van der Waals surface area contributed by atoms with Crippen molar-refractivity contribution in [2.24, 2.45) is 0 Å². The molecule has 0 atom stereocenters. The summed E-state index contributed by atoms with van der Waals surface area (Å²) in [5.41, 5.74) is 3.09. The average molecular weight is 437 g/mol. The van der Waals surface area contributed by atoms with Crippen LogP contribution in [-0.4, -0.2) is 13.0 Å².